The van der Waals surface area contributed by atoms with Crippen LogP contribution in [0.2, 0.25) is 5.02 Å². The molecular weight excluding hydrogens is 453 g/mol. The van der Waals surface area contributed by atoms with E-state index in [9.17, 15) is 9.90 Å². The minimum absolute atomic E-state index is 0.280. The van der Waals surface area contributed by atoms with Gasteiger partial charge in [0.2, 0.25) is 0 Å². The average Bonchev–Trinajstić information content (AvgIpc) is 3.23. The predicted molar refractivity (Wildman–Crippen MR) is 131 cm³/mol. The molecule has 5 rings (SSSR count). The molecular formula is C27H21ClFN3O2. The van der Waals surface area contributed by atoms with Crippen LogP contribution in [0.1, 0.15) is 34.0 Å². The molecule has 5 nitrogen and oxygen atoms in total. The van der Waals surface area contributed by atoms with Gasteiger partial charge in [-0.15, -0.1) is 0 Å². The highest BCUT2D eigenvalue weighted by atomic mass is 35.5. The fourth-order valence-corrected chi connectivity index (χ4v) is 4.56. The number of aromatic nitrogens is 2. The molecule has 1 aliphatic heterocycles. The summed E-state index contributed by atoms with van der Waals surface area (Å²) in [6.45, 7) is 2.04. The molecule has 0 fully saturated rings. The number of fused-ring (bicyclic) bond motifs is 1. The van der Waals surface area contributed by atoms with Gasteiger partial charge in [0.1, 0.15) is 5.82 Å². The lowest BCUT2D eigenvalue weighted by molar-refractivity contribution is 0.247. The van der Waals surface area contributed by atoms with Gasteiger partial charge in [0.15, 0.2) is 0 Å². The summed E-state index contributed by atoms with van der Waals surface area (Å²) in [5.41, 5.74) is 5.38. The monoisotopic (exact) mass is 473 g/mol. The second kappa shape index (κ2) is 8.97. The molecule has 0 spiro atoms. The molecule has 0 saturated heterocycles. The number of rotatable bonds is 5. The Kier molecular flexibility index (Phi) is 5.86. The van der Waals surface area contributed by atoms with Crippen LogP contribution in [-0.4, -0.2) is 27.0 Å². The Morgan fingerprint density at radius 1 is 1.09 bits per heavy atom. The Labute approximate surface area is 200 Å². The van der Waals surface area contributed by atoms with Crippen LogP contribution < -0.4 is 5.56 Å². The second-order valence-electron chi connectivity index (χ2n) is 8.25. The molecule has 0 bridgehead atoms. The third-order valence-electron chi connectivity index (χ3n) is 6.03. The fraction of sp³-hybridized carbons (Fsp3) is 0.148. The lowest BCUT2D eigenvalue weighted by atomic mass is 9.95. The molecule has 0 radical (unpaired) electrons. The van der Waals surface area contributed by atoms with Gasteiger partial charge in [0.25, 0.3) is 5.56 Å². The molecule has 0 aliphatic carbocycles. The summed E-state index contributed by atoms with van der Waals surface area (Å²) < 4.78 is 16.5. The second-order valence-corrected chi connectivity index (χ2v) is 8.69. The highest BCUT2D eigenvalue weighted by Crippen LogP contribution is 2.31. The smallest absolute Gasteiger partial charge is 0.251 e. The van der Waals surface area contributed by atoms with Crippen molar-refractivity contribution in [3.63, 3.8) is 0 Å². The van der Waals surface area contributed by atoms with Gasteiger partial charge >= 0.3 is 0 Å². The summed E-state index contributed by atoms with van der Waals surface area (Å²) in [4.78, 5) is 21.9. The fourth-order valence-electron chi connectivity index (χ4n) is 4.36. The zero-order chi connectivity index (χ0) is 23.8. The van der Waals surface area contributed by atoms with Crippen LogP contribution in [0.5, 0.6) is 0 Å². The van der Waals surface area contributed by atoms with Gasteiger partial charge in [-0.3, -0.25) is 14.8 Å². The number of hydrogen-bond acceptors (Lipinski definition) is 4. The van der Waals surface area contributed by atoms with Crippen LogP contribution in [0.15, 0.2) is 82.8 Å². The van der Waals surface area contributed by atoms with Crippen LogP contribution in [-0.2, 0) is 6.54 Å². The van der Waals surface area contributed by atoms with E-state index in [1.165, 1.54) is 16.7 Å². The van der Waals surface area contributed by atoms with Crippen LogP contribution >= 0.6 is 11.6 Å². The van der Waals surface area contributed by atoms with E-state index in [1.54, 1.807) is 48.8 Å². The number of aryl methyl sites for hydroxylation is 1. The number of aliphatic imine (C=N–C) groups is 1. The minimum Gasteiger partial charge on any atom is -0.394 e. The quantitative estimate of drug-likeness (QED) is 0.446. The average molecular weight is 474 g/mol. The van der Waals surface area contributed by atoms with Gasteiger partial charge in [-0.05, 0) is 66.1 Å². The maximum absolute atomic E-state index is 15.1. The van der Waals surface area contributed by atoms with Crippen molar-refractivity contribution in [2.75, 3.05) is 6.61 Å². The molecule has 3 heterocycles. The van der Waals surface area contributed by atoms with Crippen LogP contribution in [0, 0.1) is 12.7 Å². The van der Waals surface area contributed by atoms with Crippen LogP contribution in [0.25, 0.3) is 11.1 Å². The van der Waals surface area contributed by atoms with E-state index in [4.69, 9.17) is 11.6 Å². The molecule has 34 heavy (non-hydrogen) atoms. The summed E-state index contributed by atoms with van der Waals surface area (Å²) >= 11 is 6.08. The van der Waals surface area contributed by atoms with E-state index >= 15 is 4.39 Å². The Hall–Kier alpha value is -3.61. The molecule has 0 amide bonds. The van der Waals surface area contributed by atoms with Crippen molar-refractivity contribution in [1.29, 1.82) is 0 Å². The number of halogens is 2. The van der Waals surface area contributed by atoms with E-state index in [0.29, 0.717) is 28.3 Å². The zero-order valence-electron chi connectivity index (χ0n) is 18.4. The van der Waals surface area contributed by atoms with Gasteiger partial charge < -0.3 is 9.67 Å². The molecule has 2 aromatic carbocycles. The lowest BCUT2D eigenvalue weighted by Gasteiger charge is -2.19. The van der Waals surface area contributed by atoms with Gasteiger partial charge in [-0.25, -0.2) is 4.39 Å². The van der Waals surface area contributed by atoms with Gasteiger partial charge in [-0.2, -0.15) is 0 Å². The van der Waals surface area contributed by atoms with Crippen molar-refractivity contribution in [3.05, 3.63) is 122 Å². The summed E-state index contributed by atoms with van der Waals surface area (Å²) in [5.74, 6) is -0.410. The molecule has 7 heteroatoms. The van der Waals surface area contributed by atoms with Crippen molar-refractivity contribution in [1.82, 2.24) is 9.55 Å². The number of benzene rings is 2. The zero-order valence-corrected chi connectivity index (χ0v) is 19.1. The molecule has 4 aromatic rings. The number of aliphatic hydroxyl groups is 1. The van der Waals surface area contributed by atoms with E-state index < -0.39 is 11.9 Å². The summed E-state index contributed by atoms with van der Waals surface area (Å²) in [6.07, 6.45) is 3.31. The van der Waals surface area contributed by atoms with Crippen molar-refractivity contribution in [2.24, 2.45) is 4.99 Å². The standard InChI is InChI=1S/C27H21ClFN3O2/c1-16-9-19(5-7-30-16)27-23-13-22(24(29)11-20(23)14-31-27)17-6-8-32(26(34)12-17)25(15-33)18-3-2-4-21(28)10-18/h2-13,25,33H,14-15H2,1H3/t25-/m1/s1. The summed E-state index contributed by atoms with van der Waals surface area (Å²) in [5, 5.41) is 10.5. The molecule has 170 valence electrons. The van der Waals surface area contributed by atoms with Crippen LogP contribution in [0.4, 0.5) is 4.39 Å². The third kappa shape index (κ3) is 4.06. The van der Waals surface area contributed by atoms with Gasteiger partial charge in [0, 0.05) is 45.9 Å². The first kappa shape index (κ1) is 22.2. The van der Waals surface area contributed by atoms with Gasteiger partial charge in [-0.1, -0.05) is 23.7 Å². The number of hydrogen-bond donors (Lipinski definition) is 1. The third-order valence-corrected chi connectivity index (χ3v) is 6.26. The summed E-state index contributed by atoms with van der Waals surface area (Å²) in [7, 11) is 0. The normalized spacial score (nSPS) is 13.5. The number of pyridine rings is 2. The number of aliphatic hydroxyl groups excluding tert-OH is 1. The maximum Gasteiger partial charge on any atom is 0.251 e. The van der Waals surface area contributed by atoms with E-state index in [2.05, 4.69) is 9.98 Å². The van der Waals surface area contributed by atoms with Crippen molar-refractivity contribution < 1.29 is 9.50 Å². The molecule has 0 unspecified atom stereocenters. The first-order valence-corrected chi connectivity index (χ1v) is 11.2. The minimum atomic E-state index is -0.598. The molecule has 1 aliphatic rings. The van der Waals surface area contributed by atoms with E-state index in [-0.39, 0.29) is 12.2 Å². The SMILES string of the molecule is Cc1cc(C2=NCc3cc(F)c(-c4ccn([C@H](CO)c5cccc(Cl)c5)c(=O)c4)cc32)ccn1. The van der Waals surface area contributed by atoms with Crippen molar-refractivity contribution in [2.45, 2.75) is 19.5 Å². The lowest BCUT2D eigenvalue weighted by Crippen LogP contribution is -2.26. The van der Waals surface area contributed by atoms with Crippen LogP contribution in [0.3, 0.4) is 0 Å². The maximum atomic E-state index is 15.1. The molecule has 0 saturated carbocycles. The van der Waals surface area contributed by atoms with E-state index in [1.807, 2.05) is 19.1 Å². The highest BCUT2D eigenvalue weighted by molar-refractivity contribution is 6.30. The van der Waals surface area contributed by atoms with Crippen molar-refractivity contribution >= 4 is 17.3 Å². The Balaban J connectivity index is 1.54. The summed E-state index contributed by atoms with van der Waals surface area (Å²) in [6, 6.07) is 16.6. The topological polar surface area (TPSA) is 67.5 Å². The van der Waals surface area contributed by atoms with Crippen molar-refractivity contribution in [3.8, 4) is 11.1 Å². The number of nitrogens with zero attached hydrogens (tertiary/aromatic N) is 3. The Bertz CT molecular complexity index is 1500. The highest BCUT2D eigenvalue weighted by Gasteiger charge is 2.22. The predicted octanol–water partition coefficient (Wildman–Crippen LogP) is 4.94. The largest absolute Gasteiger partial charge is 0.394 e. The van der Waals surface area contributed by atoms with E-state index in [0.717, 1.165) is 28.1 Å². The molecule has 1 N–H and O–H groups in total. The van der Waals surface area contributed by atoms with Gasteiger partial charge in [0.05, 0.1) is 24.9 Å². The first-order valence-electron chi connectivity index (χ1n) is 10.8. The molecule has 2 aromatic heterocycles. The first-order chi connectivity index (χ1) is 16.4. The Morgan fingerprint density at radius 2 is 1.94 bits per heavy atom. The molecule has 1 atom stereocenters. The Morgan fingerprint density at radius 3 is 2.68 bits per heavy atom.